The molecule has 1 aliphatic carbocycles. The van der Waals surface area contributed by atoms with Crippen LogP contribution in [0.2, 0.25) is 5.02 Å². The molecule has 2 N–H and O–H groups in total. The maximum absolute atomic E-state index is 6.09. The molecule has 0 heterocycles. The van der Waals surface area contributed by atoms with E-state index in [1.54, 1.807) is 0 Å². The van der Waals surface area contributed by atoms with Gasteiger partial charge in [-0.1, -0.05) is 18.5 Å². The van der Waals surface area contributed by atoms with Crippen LogP contribution in [0.5, 0.6) is 5.75 Å². The summed E-state index contributed by atoms with van der Waals surface area (Å²) in [6.45, 7) is 2.10. The van der Waals surface area contributed by atoms with Gasteiger partial charge in [0.25, 0.3) is 0 Å². The van der Waals surface area contributed by atoms with Gasteiger partial charge in [-0.3, -0.25) is 0 Å². The van der Waals surface area contributed by atoms with Crippen LogP contribution in [-0.2, 0) is 6.42 Å². The Morgan fingerprint density at radius 2 is 2.00 bits per heavy atom. The normalized spacial score (nSPS) is 24.6. The van der Waals surface area contributed by atoms with Crippen molar-refractivity contribution < 1.29 is 4.74 Å². The van der Waals surface area contributed by atoms with Gasteiger partial charge in [0.2, 0.25) is 0 Å². The number of aryl methyl sites for hydroxylation is 1. The lowest BCUT2D eigenvalue weighted by molar-refractivity contribution is 0.147. The summed E-state index contributed by atoms with van der Waals surface area (Å²) in [6.07, 6.45) is 5.51. The van der Waals surface area contributed by atoms with E-state index < -0.39 is 0 Å². The molecule has 1 aromatic carbocycles. The van der Waals surface area contributed by atoms with E-state index in [9.17, 15) is 0 Å². The van der Waals surface area contributed by atoms with Crippen molar-refractivity contribution in [3.05, 3.63) is 28.8 Å². The quantitative estimate of drug-likeness (QED) is 0.894. The van der Waals surface area contributed by atoms with Crippen molar-refractivity contribution in [2.45, 2.75) is 51.2 Å². The zero-order valence-electron chi connectivity index (χ0n) is 10.3. The molecule has 0 bridgehead atoms. The van der Waals surface area contributed by atoms with Crippen LogP contribution in [0.4, 0.5) is 0 Å². The van der Waals surface area contributed by atoms with Crippen molar-refractivity contribution in [2.75, 3.05) is 0 Å². The number of rotatable bonds is 3. The topological polar surface area (TPSA) is 35.2 Å². The lowest BCUT2D eigenvalue weighted by Crippen LogP contribution is -2.31. The summed E-state index contributed by atoms with van der Waals surface area (Å²) in [7, 11) is 0. The van der Waals surface area contributed by atoms with Gasteiger partial charge in [0, 0.05) is 11.1 Å². The highest BCUT2D eigenvalue weighted by Gasteiger charge is 2.19. The van der Waals surface area contributed by atoms with Crippen LogP contribution in [-0.4, -0.2) is 12.1 Å². The van der Waals surface area contributed by atoms with E-state index >= 15 is 0 Å². The number of hydrogen-bond donors (Lipinski definition) is 1. The van der Waals surface area contributed by atoms with Gasteiger partial charge in [-0.15, -0.1) is 0 Å². The first kappa shape index (κ1) is 12.7. The average Bonchev–Trinajstić information content (AvgIpc) is 2.34. The van der Waals surface area contributed by atoms with Crippen LogP contribution in [0.3, 0.4) is 0 Å². The molecule has 2 nitrogen and oxygen atoms in total. The molecule has 1 fully saturated rings. The minimum Gasteiger partial charge on any atom is -0.490 e. The molecule has 2 rings (SSSR count). The van der Waals surface area contributed by atoms with E-state index in [1.807, 2.05) is 12.1 Å². The molecule has 0 unspecified atom stereocenters. The van der Waals surface area contributed by atoms with Crippen molar-refractivity contribution >= 4 is 11.6 Å². The zero-order valence-corrected chi connectivity index (χ0v) is 11.0. The van der Waals surface area contributed by atoms with E-state index in [0.717, 1.165) is 48.4 Å². The predicted molar refractivity (Wildman–Crippen MR) is 71.7 cm³/mol. The molecule has 94 valence electrons. The first-order valence-corrected chi connectivity index (χ1v) is 6.77. The molecular weight excluding hydrogens is 234 g/mol. The van der Waals surface area contributed by atoms with Crippen LogP contribution in [0, 0.1) is 0 Å². The van der Waals surface area contributed by atoms with Gasteiger partial charge in [-0.25, -0.2) is 0 Å². The van der Waals surface area contributed by atoms with Crippen molar-refractivity contribution in [1.82, 2.24) is 0 Å². The van der Waals surface area contributed by atoms with Gasteiger partial charge < -0.3 is 10.5 Å². The monoisotopic (exact) mass is 253 g/mol. The minimum atomic E-state index is 0.320. The Hall–Kier alpha value is -0.730. The highest BCUT2D eigenvalue weighted by atomic mass is 35.5. The Morgan fingerprint density at radius 1 is 1.29 bits per heavy atom. The Balaban J connectivity index is 1.99. The number of ether oxygens (including phenoxy) is 1. The third-order valence-electron chi connectivity index (χ3n) is 3.42. The van der Waals surface area contributed by atoms with Crippen molar-refractivity contribution in [1.29, 1.82) is 0 Å². The van der Waals surface area contributed by atoms with Crippen LogP contribution >= 0.6 is 11.6 Å². The van der Waals surface area contributed by atoms with Crippen LogP contribution in [0.1, 0.15) is 38.2 Å². The van der Waals surface area contributed by atoms with Gasteiger partial charge in [-0.2, -0.15) is 0 Å². The summed E-state index contributed by atoms with van der Waals surface area (Å²) in [5, 5.41) is 0.825. The molecule has 1 aromatic rings. The summed E-state index contributed by atoms with van der Waals surface area (Å²) >= 11 is 6.09. The van der Waals surface area contributed by atoms with Crippen molar-refractivity contribution in [3.8, 4) is 5.75 Å². The van der Waals surface area contributed by atoms with E-state index in [2.05, 4.69) is 13.0 Å². The van der Waals surface area contributed by atoms with E-state index in [1.165, 1.54) is 0 Å². The highest BCUT2D eigenvalue weighted by molar-refractivity contribution is 6.31. The summed E-state index contributed by atoms with van der Waals surface area (Å²) < 4.78 is 5.99. The summed E-state index contributed by atoms with van der Waals surface area (Å²) in [6, 6.07) is 6.29. The Labute approximate surface area is 108 Å². The molecular formula is C14H20ClNO. The Morgan fingerprint density at radius 3 is 2.65 bits per heavy atom. The molecule has 1 saturated carbocycles. The number of hydrogen-bond acceptors (Lipinski definition) is 2. The molecule has 0 spiro atoms. The lowest BCUT2D eigenvalue weighted by atomic mass is 9.94. The van der Waals surface area contributed by atoms with Crippen LogP contribution in [0.15, 0.2) is 18.2 Å². The average molecular weight is 254 g/mol. The zero-order chi connectivity index (χ0) is 12.3. The Bertz CT molecular complexity index is 372. The predicted octanol–water partition coefficient (Wildman–Crippen LogP) is 3.55. The van der Waals surface area contributed by atoms with Gasteiger partial charge in [0.05, 0.1) is 6.10 Å². The lowest BCUT2D eigenvalue weighted by Gasteiger charge is -2.27. The fraction of sp³-hybridized carbons (Fsp3) is 0.571. The molecule has 0 aromatic heterocycles. The molecule has 1 aliphatic rings. The number of halogens is 1. The summed E-state index contributed by atoms with van der Waals surface area (Å²) in [4.78, 5) is 0. The van der Waals surface area contributed by atoms with Crippen LogP contribution < -0.4 is 10.5 Å². The van der Waals surface area contributed by atoms with Crippen LogP contribution in [0.25, 0.3) is 0 Å². The molecule has 0 radical (unpaired) electrons. The van der Waals surface area contributed by atoms with Gasteiger partial charge in [0.1, 0.15) is 5.75 Å². The molecule has 17 heavy (non-hydrogen) atoms. The molecule has 3 heteroatoms. The highest BCUT2D eigenvalue weighted by Crippen LogP contribution is 2.26. The fourth-order valence-electron chi connectivity index (χ4n) is 2.29. The first-order valence-electron chi connectivity index (χ1n) is 6.39. The number of nitrogens with two attached hydrogens (primary N) is 1. The molecule has 0 aliphatic heterocycles. The Kier molecular flexibility index (Phi) is 4.30. The van der Waals surface area contributed by atoms with Crippen molar-refractivity contribution in [2.24, 2.45) is 5.73 Å². The molecule has 0 saturated heterocycles. The van der Waals surface area contributed by atoms with Crippen molar-refractivity contribution in [3.63, 3.8) is 0 Å². The van der Waals surface area contributed by atoms with E-state index in [4.69, 9.17) is 22.1 Å². The van der Waals surface area contributed by atoms with Gasteiger partial charge in [-0.05, 0) is 55.9 Å². The SMILES string of the molecule is CCc1cc(OC2CCC(N)CC2)ccc1Cl. The smallest absolute Gasteiger partial charge is 0.120 e. The third-order valence-corrected chi connectivity index (χ3v) is 3.79. The summed E-state index contributed by atoms with van der Waals surface area (Å²) in [5.74, 6) is 0.937. The molecule has 0 atom stereocenters. The largest absolute Gasteiger partial charge is 0.490 e. The summed E-state index contributed by atoms with van der Waals surface area (Å²) in [5.41, 5.74) is 7.03. The second-order valence-corrected chi connectivity index (χ2v) is 5.17. The van der Waals surface area contributed by atoms with Gasteiger partial charge in [0.15, 0.2) is 0 Å². The second kappa shape index (κ2) is 5.74. The van der Waals surface area contributed by atoms with E-state index in [-0.39, 0.29) is 0 Å². The third kappa shape index (κ3) is 3.36. The first-order chi connectivity index (χ1) is 8.19. The maximum atomic E-state index is 6.09. The second-order valence-electron chi connectivity index (χ2n) is 4.76. The van der Waals surface area contributed by atoms with E-state index in [0.29, 0.717) is 12.1 Å². The number of benzene rings is 1. The fourth-order valence-corrected chi connectivity index (χ4v) is 2.55. The molecule has 0 amide bonds. The minimum absolute atomic E-state index is 0.320. The standard InChI is InChI=1S/C14H20ClNO/c1-2-10-9-13(7-8-14(10)15)17-12-5-3-11(16)4-6-12/h7-9,11-12H,2-6,16H2,1H3. The maximum Gasteiger partial charge on any atom is 0.120 e. The van der Waals surface area contributed by atoms with Gasteiger partial charge >= 0.3 is 0 Å².